The maximum atomic E-state index is 12.3. The Morgan fingerprint density at radius 2 is 1.96 bits per heavy atom. The molecule has 2 fully saturated rings. The van der Waals surface area contributed by atoms with Crippen LogP contribution < -0.4 is 0 Å². The van der Waals surface area contributed by atoms with E-state index >= 15 is 0 Å². The highest BCUT2D eigenvalue weighted by atomic mass is 32.2. The molecule has 2 atom stereocenters. The van der Waals surface area contributed by atoms with Gasteiger partial charge in [0, 0.05) is 45.2 Å². The lowest BCUT2D eigenvalue weighted by atomic mass is 10.0. The highest BCUT2D eigenvalue weighted by molar-refractivity contribution is 7.91. The van der Waals surface area contributed by atoms with Crippen molar-refractivity contribution in [2.24, 2.45) is 0 Å². The van der Waals surface area contributed by atoms with Crippen LogP contribution in [0.5, 0.6) is 0 Å². The molecule has 0 N–H and O–H groups in total. The number of piperazine rings is 1. The highest BCUT2D eigenvalue weighted by Crippen LogP contribution is 2.28. The maximum absolute atomic E-state index is 12.3. The predicted molar refractivity (Wildman–Crippen MR) is 97.5 cm³/mol. The van der Waals surface area contributed by atoms with Gasteiger partial charge in [0.1, 0.15) is 0 Å². The van der Waals surface area contributed by atoms with E-state index in [0.717, 1.165) is 19.6 Å². The van der Waals surface area contributed by atoms with Gasteiger partial charge in [-0.3, -0.25) is 9.80 Å². The number of methoxy groups -OCH3 is 1. The van der Waals surface area contributed by atoms with Crippen LogP contribution in [0.2, 0.25) is 0 Å². The molecule has 2 saturated heterocycles. The molecular formula is C17H28N4O4S. The van der Waals surface area contributed by atoms with E-state index in [2.05, 4.69) is 39.9 Å². The molecule has 146 valence electrons. The third-order valence-electron chi connectivity index (χ3n) is 5.02. The van der Waals surface area contributed by atoms with Crippen molar-refractivity contribution in [2.75, 3.05) is 44.9 Å². The largest absolute Gasteiger partial charge is 0.384 e. The molecule has 2 aliphatic rings. The van der Waals surface area contributed by atoms with Gasteiger partial charge in [-0.15, -0.1) is 0 Å². The average Bonchev–Trinajstić information content (AvgIpc) is 3.15. The maximum Gasteiger partial charge on any atom is 0.240 e. The van der Waals surface area contributed by atoms with Crippen molar-refractivity contribution in [3.8, 4) is 0 Å². The Morgan fingerprint density at radius 3 is 2.65 bits per heavy atom. The van der Waals surface area contributed by atoms with Gasteiger partial charge in [-0.05, 0) is 13.8 Å². The van der Waals surface area contributed by atoms with Crippen molar-refractivity contribution in [3.05, 3.63) is 23.4 Å². The number of nitrogens with zero attached hydrogens (tertiary/aromatic N) is 4. The van der Waals surface area contributed by atoms with Crippen molar-refractivity contribution in [3.63, 3.8) is 0 Å². The van der Waals surface area contributed by atoms with Gasteiger partial charge < -0.3 is 9.26 Å². The van der Waals surface area contributed by atoms with Crippen molar-refractivity contribution in [2.45, 2.75) is 38.9 Å². The molecule has 26 heavy (non-hydrogen) atoms. The van der Waals surface area contributed by atoms with Crippen LogP contribution in [-0.2, 0) is 27.5 Å². The van der Waals surface area contributed by atoms with E-state index in [1.807, 2.05) is 0 Å². The van der Waals surface area contributed by atoms with Crippen LogP contribution in [-0.4, -0.2) is 85.3 Å². The third kappa shape index (κ3) is 4.70. The number of hydrogen-bond acceptors (Lipinski definition) is 8. The molecule has 0 saturated carbocycles. The van der Waals surface area contributed by atoms with Crippen LogP contribution >= 0.6 is 0 Å². The molecule has 0 bridgehead atoms. The standard InChI is InChI=1S/C17H28N4O4S/c1-13(2)4-6-20-7-8-21(15-12-26(22,23)11-14(15)20)10-17-18-16(19-25-17)5-9-24-3/h4,14-15H,5-12H2,1-3H3/t14-,15+/m0/s1. The van der Waals surface area contributed by atoms with E-state index in [0.29, 0.717) is 31.3 Å². The van der Waals surface area contributed by atoms with Gasteiger partial charge in [0.25, 0.3) is 0 Å². The Hall–Kier alpha value is -1.29. The van der Waals surface area contributed by atoms with Gasteiger partial charge >= 0.3 is 0 Å². The minimum absolute atomic E-state index is 0.0198. The molecule has 0 unspecified atom stereocenters. The summed E-state index contributed by atoms with van der Waals surface area (Å²) >= 11 is 0. The van der Waals surface area contributed by atoms with E-state index < -0.39 is 9.84 Å². The molecule has 0 amide bonds. The number of aromatic nitrogens is 2. The molecule has 3 heterocycles. The quantitative estimate of drug-likeness (QED) is 0.628. The zero-order valence-corrected chi connectivity index (χ0v) is 16.5. The molecule has 0 spiro atoms. The van der Waals surface area contributed by atoms with E-state index in [1.165, 1.54) is 5.57 Å². The van der Waals surface area contributed by atoms with Gasteiger partial charge in [-0.1, -0.05) is 16.8 Å². The smallest absolute Gasteiger partial charge is 0.240 e. The molecule has 0 aromatic carbocycles. The number of hydrogen-bond donors (Lipinski definition) is 0. The molecular weight excluding hydrogens is 356 g/mol. The summed E-state index contributed by atoms with van der Waals surface area (Å²) in [5.41, 5.74) is 1.25. The van der Waals surface area contributed by atoms with Crippen molar-refractivity contribution in [1.82, 2.24) is 19.9 Å². The zero-order valence-electron chi connectivity index (χ0n) is 15.7. The van der Waals surface area contributed by atoms with Crippen LogP contribution in [0.1, 0.15) is 25.6 Å². The average molecular weight is 385 g/mol. The van der Waals surface area contributed by atoms with Gasteiger partial charge in [0.2, 0.25) is 5.89 Å². The summed E-state index contributed by atoms with van der Waals surface area (Å²) in [5.74, 6) is 1.60. The minimum atomic E-state index is -3.02. The molecule has 3 rings (SSSR count). The van der Waals surface area contributed by atoms with Crippen LogP contribution in [0.3, 0.4) is 0 Å². The van der Waals surface area contributed by atoms with Crippen molar-refractivity contribution in [1.29, 1.82) is 0 Å². The monoisotopic (exact) mass is 384 g/mol. The predicted octanol–water partition coefficient (Wildman–Crippen LogP) is 0.508. The lowest BCUT2D eigenvalue weighted by Crippen LogP contribution is -2.58. The van der Waals surface area contributed by atoms with Gasteiger partial charge in [-0.2, -0.15) is 4.98 Å². The normalized spacial score (nSPS) is 26.0. The fourth-order valence-corrected chi connectivity index (χ4v) is 5.69. The first-order valence-corrected chi connectivity index (χ1v) is 10.8. The first kappa shape index (κ1) is 19.5. The van der Waals surface area contributed by atoms with E-state index in [4.69, 9.17) is 9.26 Å². The second-order valence-corrected chi connectivity index (χ2v) is 9.46. The number of fused-ring (bicyclic) bond motifs is 1. The van der Waals surface area contributed by atoms with Crippen LogP contribution in [0.25, 0.3) is 0 Å². The molecule has 2 aliphatic heterocycles. The van der Waals surface area contributed by atoms with Gasteiger partial charge in [-0.25, -0.2) is 8.42 Å². The second-order valence-electron chi connectivity index (χ2n) is 7.31. The zero-order chi connectivity index (χ0) is 18.7. The first-order chi connectivity index (χ1) is 12.4. The number of rotatable bonds is 7. The highest BCUT2D eigenvalue weighted by Gasteiger charge is 2.46. The fourth-order valence-electron chi connectivity index (χ4n) is 3.64. The summed E-state index contributed by atoms with van der Waals surface area (Å²) in [4.78, 5) is 8.87. The summed E-state index contributed by atoms with van der Waals surface area (Å²) in [6.45, 7) is 7.60. The number of sulfone groups is 1. The lowest BCUT2D eigenvalue weighted by Gasteiger charge is -2.43. The second kappa shape index (κ2) is 8.16. The van der Waals surface area contributed by atoms with Crippen molar-refractivity contribution < 1.29 is 17.7 Å². The topological polar surface area (TPSA) is 88.8 Å². The Morgan fingerprint density at radius 1 is 1.27 bits per heavy atom. The Kier molecular flexibility index (Phi) is 6.11. The Balaban J connectivity index is 1.69. The summed E-state index contributed by atoms with van der Waals surface area (Å²) in [5, 5.41) is 3.97. The summed E-state index contributed by atoms with van der Waals surface area (Å²) in [6, 6.07) is 0.00821. The van der Waals surface area contributed by atoms with Crippen LogP contribution in [0.4, 0.5) is 0 Å². The third-order valence-corrected chi connectivity index (χ3v) is 6.72. The number of allylic oxidation sites excluding steroid dienone is 1. The number of ether oxygens (including phenoxy) is 1. The van der Waals surface area contributed by atoms with Crippen LogP contribution in [0.15, 0.2) is 16.2 Å². The van der Waals surface area contributed by atoms with Crippen molar-refractivity contribution >= 4 is 9.84 Å². The molecule has 0 aliphatic carbocycles. The summed E-state index contributed by atoms with van der Waals surface area (Å²) < 4.78 is 34.9. The van der Waals surface area contributed by atoms with E-state index in [9.17, 15) is 8.42 Å². The van der Waals surface area contributed by atoms with Gasteiger partial charge in [0.05, 0.1) is 24.7 Å². The summed E-state index contributed by atoms with van der Waals surface area (Å²) in [6.07, 6.45) is 2.77. The molecule has 9 heteroatoms. The minimum Gasteiger partial charge on any atom is -0.384 e. The van der Waals surface area contributed by atoms with Gasteiger partial charge in [0.15, 0.2) is 15.7 Å². The molecule has 1 aromatic heterocycles. The lowest BCUT2D eigenvalue weighted by molar-refractivity contribution is 0.0411. The fraction of sp³-hybridized carbons (Fsp3) is 0.765. The molecule has 0 radical (unpaired) electrons. The van der Waals surface area contributed by atoms with E-state index in [-0.39, 0.29) is 23.6 Å². The molecule has 8 nitrogen and oxygen atoms in total. The van der Waals surface area contributed by atoms with Crippen LogP contribution in [0, 0.1) is 0 Å². The molecule has 1 aromatic rings. The Labute approximate surface area is 155 Å². The SMILES string of the molecule is COCCc1noc(CN2CCN(CC=C(C)C)[C@H]3CS(=O)(=O)C[C@H]32)n1. The van der Waals surface area contributed by atoms with E-state index in [1.54, 1.807) is 7.11 Å². The Bertz CT molecular complexity index is 742. The summed E-state index contributed by atoms with van der Waals surface area (Å²) in [7, 11) is -1.38. The first-order valence-electron chi connectivity index (χ1n) is 9.00.